The van der Waals surface area contributed by atoms with Gasteiger partial charge < -0.3 is 19.7 Å². The lowest BCUT2D eigenvalue weighted by molar-refractivity contribution is -0.119. The van der Waals surface area contributed by atoms with Crippen LogP contribution in [-0.4, -0.2) is 83.4 Å². The minimum absolute atomic E-state index is 0.0384. The summed E-state index contributed by atoms with van der Waals surface area (Å²) in [7, 11) is 0. The van der Waals surface area contributed by atoms with Gasteiger partial charge in [-0.15, -0.1) is 0 Å². The number of imidazole rings is 1. The molecule has 0 aliphatic carbocycles. The van der Waals surface area contributed by atoms with E-state index in [9.17, 15) is 13.6 Å². The number of nitrogens with zero attached hydrogens (tertiary/aromatic N) is 5. The fourth-order valence-electron chi connectivity index (χ4n) is 5.26. The van der Waals surface area contributed by atoms with Gasteiger partial charge in [0.1, 0.15) is 17.9 Å². The second kappa shape index (κ2) is 9.86. The van der Waals surface area contributed by atoms with Gasteiger partial charge in [0.15, 0.2) is 0 Å². The summed E-state index contributed by atoms with van der Waals surface area (Å²) in [5.74, 6) is -0.00620. The lowest BCUT2D eigenvalue weighted by Crippen LogP contribution is -2.56. The molecule has 0 bridgehead atoms. The average Bonchev–Trinajstić information content (AvgIpc) is 3.50. The summed E-state index contributed by atoms with van der Waals surface area (Å²) < 4.78 is 39.6. The molecule has 3 aliphatic rings. The van der Waals surface area contributed by atoms with Crippen LogP contribution in [0, 0.1) is 5.92 Å². The van der Waals surface area contributed by atoms with E-state index in [-0.39, 0.29) is 23.2 Å². The van der Waals surface area contributed by atoms with Crippen LogP contribution < -0.4 is 15.0 Å². The van der Waals surface area contributed by atoms with Crippen molar-refractivity contribution in [3.05, 3.63) is 36.7 Å². The Bertz CT molecular complexity index is 1270. The number of pyridine rings is 1. The molecular weight excluding hydrogens is 482 g/mol. The number of piperazine rings is 1. The molecule has 11 heteroatoms. The van der Waals surface area contributed by atoms with E-state index >= 15 is 0 Å². The third-order valence-corrected chi connectivity index (χ3v) is 7.68. The Morgan fingerprint density at radius 1 is 1.14 bits per heavy atom. The van der Waals surface area contributed by atoms with E-state index in [1.807, 2.05) is 19.1 Å². The third-order valence-electron chi connectivity index (χ3n) is 7.68. The highest BCUT2D eigenvalue weighted by molar-refractivity contribution is 5.85. The second-order valence-electron chi connectivity index (χ2n) is 9.96. The van der Waals surface area contributed by atoms with Crippen LogP contribution in [-0.2, 0) is 9.53 Å². The number of hydrogen-bond acceptors (Lipinski definition) is 7. The number of alkyl halides is 2. The number of aromatic nitrogens is 3. The fourth-order valence-corrected chi connectivity index (χ4v) is 5.26. The number of ether oxygens (including phenoxy) is 2. The SMILES string of the molecule is C[C@@H](Oc1nc(-c2ccc(N3CCN(C4COC4)CC3)cc2)cc2ncn(C(F)F)c12)C1CNC(=O)C1. The number of benzene rings is 1. The van der Waals surface area contributed by atoms with Gasteiger partial charge in [-0.1, -0.05) is 12.1 Å². The van der Waals surface area contributed by atoms with Crippen LogP contribution in [0.2, 0.25) is 0 Å². The molecule has 5 heterocycles. The first kappa shape index (κ1) is 24.1. The Balaban J connectivity index is 1.24. The molecule has 0 saturated carbocycles. The molecule has 37 heavy (non-hydrogen) atoms. The minimum atomic E-state index is -2.78. The van der Waals surface area contributed by atoms with Crippen molar-refractivity contribution in [2.75, 3.05) is 50.8 Å². The molecule has 3 fully saturated rings. The molecule has 1 N–H and O–H groups in total. The lowest BCUT2D eigenvalue weighted by atomic mass is 10.0. The molecule has 3 aromatic rings. The molecule has 0 spiro atoms. The Morgan fingerprint density at radius 3 is 2.51 bits per heavy atom. The highest BCUT2D eigenvalue weighted by Crippen LogP contribution is 2.33. The van der Waals surface area contributed by atoms with E-state index in [4.69, 9.17) is 9.47 Å². The highest BCUT2D eigenvalue weighted by Gasteiger charge is 2.30. The van der Waals surface area contributed by atoms with Gasteiger partial charge in [0.2, 0.25) is 11.8 Å². The van der Waals surface area contributed by atoms with Gasteiger partial charge in [0, 0.05) is 56.3 Å². The predicted molar refractivity (Wildman–Crippen MR) is 134 cm³/mol. The number of carbonyl (C=O) groups excluding carboxylic acids is 1. The first-order chi connectivity index (χ1) is 18.0. The van der Waals surface area contributed by atoms with Crippen molar-refractivity contribution in [1.82, 2.24) is 24.8 Å². The van der Waals surface area contributed by atoms with Crippen LogP contribution in [0.1, 0.15) is 19.9 Å². The van der Waals surface area contributed by atoms with Crippen LogP contribution in [0.25, 0.3) is 22.3 Å². The molecule has 2 aromatic heterocycles. The van der Waals surface area contributed by atoms with Crippen LogP contribution in [0.3, 0.4) is 0 Å². The van der Waals surface area contributed by atoms with Gasteiger partial charge in [-0.05, 0) is 25.1 Å². The Hall–Kier alpha value is -3.31. The quantitative estimate of drug-likeness (QED) is 0.521. The Labute approximate surface area is 213 Å². The number of rotatable bonds is 7. The summed E-state index contributed by atoms with van der Waals surface area (Å²) in [6.07, 6.45) is 1.05. The van der Waals surface area contributed by atoms with Crippen molar-refractivity contribution >= 4 is 22.6 Å². The number of anilines is 1. The topological polar surface area (TPSA) is 84.8 Å². The highest BCUT2D eigenvalue weighted by atomic mass is 19.3. The number of hydrogen-bond donors (Lipinski definition) is 1. The molecule has 9 nitrogen and oxygen atoms in total. The second-order valence-corrected chi connectivity index (χ2v) is 9.96. The summed E-state index contributed by atoms with van der Waals surface area (Å²) in [4.78, 5) is 25.4. The maximum Gasteiger partial charge on any atom is 0.320 e. The summed E-state index contributed by atoms with van der Waals surface area (Å²) in [5.41, 5.74) is 3.11. The number of carbonyl (C=O) groups is 1. The third kappa shape index (κ3) is 4.73. The number of amides is 1. The monoisotopic (exact) mass is 512 g/mol. The molecule has 6 rings (SSSR count). The Kier molecular flexibility index (Phi) is 6.41. The molecule has 1 unspecified atom stereocenters. The van der Waals surface area contributed by atoms with E-state index in [1.165, 1.54) is 0 Å². The van der Waals surface area contributed by atoms with Gasteiger partial charge in [0.25, 0.3) is 0 Å². The summed E-state index contributed by atoms with van der Waals surface area (Å²) in [6.45, 7) is 5.16. The van der Waals surface area contributed by atoms with Gasteiger partial charge >= 0.3 is 6.55 Å². The molecule has 1 amide bonds. The van der Waals surface area contributed by atoms with Crippen molar-refractivity contribution in [3.8, 4) is 17.1 Å². The van der Waals surface area contributed by atoms with Gasteiger partial charge in [-0.3, -0.25) is 14.3 Å². The summed E-state index contributed by atoms with van der Waals surface area (Å²) in [5, 5.41) is 2.79. The van der Waals surface area contributed by atoms with Crippen molar-refractivity contribution in [3.63, 3.8) is 0 Å². The van der Waals surface area contributed by atoms with E-state index in [1.54, 1.807) is 6.07 Å². The van der Waals surface area contributed by atoms with Crippen molar-refractivity contribution < 1.29 is 23.0 Å². The summed E-state index contributed by atoms with van der Waals surface area (Å²) >= 11 is 0. The zero-order valence-corrected chi connectivity index (χ0v) is 20.6. The first-order valence-corrected chi connectivity index (χ1v) is 12.7. The average molecular weight is 513 g/mol. The molecule has 2 atom stereocenters. The standard InChI is InChI=1S/C26H30F2N6O3/c1-16(18-10-23(35)29-12-18)37-25-24-22(30-15-34(24)26(27)28)11-21(31-25)17-2-4-19(5-3-17)32-6-8-33(9-7-32)20-13-36-14-20/h2-5,11,15-16,18,20,26H,6-10,12-14H2,1H3,(H,29,35)/t16-,18?/m1/s1. The molecule has 0 radical (unpaired) electrons. The zero-order chi connectivity index (χ0) is 25.5. The molecule has 196 valence electrons. The molecular formula is C26H30F2N6O3. The van der Waals surface area contributed by atoms with E-state index in [0.29, 0.717) is 30.2 Å². The normalized spacial score (nSPS) is 21.9. The largest absolute Gasteiger partial charge is 0.473 e. The van der Waals surface area contributed by atoms with Crippen molar-refractivity contribution in [2.45, 2.75) is 32.0 Å². The maximum absolute atomic E-state index is 13.7. The van der Waals surface area contributed by atoms with Gasteiger partial charge in [-0.25, -0.2) is 9.97 Å². The molecule has 3 saturated heterocycles. The first-order valence-electron chi connectivity index (χ1n) is 12.7. The molecule has 3 aliphatic heterocycles. The van der Waals surface area contributed by atoms with Crippen molar-refractivity contribution in [1.29, 1.82) is 0 Å². The van der Waals surface area contributed by atoms with Gasteiger partial charge in [0.05, 0.1) is 30.5 Å². The Morgan fingerprint density at radius 2 is 1.89 bits per heavy atom. The van der Waals surface area contributed by atoms with E-state index in [0.717, 1.165) is 61.5 Å². The fraction of sp³-hybridized carbons (Fsp3) is 0.500. The predicted octanol–water partition coefficient (Wildman–Crippen LogP) is 2.92. The number of fused-ring (bicyclic) bond motifs is 1. The lowest BCUT2D eigenvalue weighted by Gasteiger charge is -2.43. The minimum Gasteiger partial charge on any atom is -0.473 e. The smallest absolute Gasteiger partial charge is 0.320 e. The van der Waals surface area contributed by atoms with E-state index in [2.05, 4.69) is 37.2 Å². The van der Waals surface area contributed by atoms with Crippen LogP contribution in [0.5, 0.6) is 5.88 Å². The summed E-state index contributed by atoms with van der Waals surface area (Å²) in [6, 6.07) is 10.4. The van der Waals surface area contributed by atoms with Gasteiger partial charge in [-0.2, -0.15) is 8.78 Å². The van der Waals surface area contributed by atoms with E-state index < -0.39 is 12.7 Å². The van der Waals surface area contributed by atoms with Crippen LogP contribution in [0.15, 0.2) is 36.7 Å². The zero-order valence-electron chi connectivity index (χ0n) is 20.6. The van der Waals surface area contributed by atoms with Crippen molar-refractivity contribution in [2.24, 2.45) is 5.92 Å². The number of halogens is 2. The number of nitrogens with one attached hydrogen (secondary N) is 1. The molecule has 1 aromatic carbocycles. The van der Waals surface area contributed by atoms with Crippen LogP contribution in [0.4, 0.5) is 14.5 Å². The maximum atomic E-state index is 13.7. The van der Waals surface area contributed by atoms with Crippen LogP contribution >= 0.6 is 0 Å².